The number of hydrogen-bond acceptors (Lipinski definition) is 3. The largest absolute Gasteiger partial charge is 0.494 e. The topological polar surface area (TPSA) is 30.5 Å². The molecule has 0 heterocycles. The van der Waals surface area contributed by atoms with Gasteiger partial charge in [0.25, 0.3) is 0 Å². The molecule has 0 aromatic heterocycles. The standard InChI is InChI=1S/C18H29NO2/c1-4-19-14(3)15-10-11-18(20-5-2)16(12-15)13-21-17-8-6-7-9-17/h10-12,14,17,19H,4-9,13H2,1-3H3. The Hall–Kier alpha value is -1.06. The fourth-order valence-corrected chi connectivity index (χ4v) is 2.96. The van der Waals surface area contributed by atoms with E-state index in [-0.39, 0.29) is 0 Å². The van der Waals surface area contributed by atoms with E-state index in [1.54, 1.807) is 0 Å². The predicted octanol–water partition coefficient (Wildman–Crippen LogP) is 4.22. The molecule has 3 nitrogen and oxygen atoms in total. The van der Waals surface area contributed by atoms with Crippen LogP contribution in [0, 0.1) is 0 Å². The van der Waals surface area contributed by atoms with Gasteiger partial charge in [-0.3, -0.25) is 0 Å². The van der Waals surface area contributed by atoms with Gasteiger partial charge < -0.3 is 14.8 Å². The van der Waals surface area contributed by atoms with Gasteiger partial charge in [0.15, 0.2) is 0 Å². The van der Waals surface area contributed by atoms with E-state index in [9.17, 15) is 0 Å². The van der Waals surface area contributed by atoms with Crippen LogP contribution >= 0.6 is 0 Å². The second-order valence-corrected chi connectivity index (χ2v) is 5.80. The molecule has 0 saturated heterocycles. The fraction of sp³-hybridized carbons (Fsp3) is 0.667. The second-order valence-electron chi connectivity index (χ2n) is 5.80. The highest BCUT2D eigenvalue weighted by Crippen LogP contribution is 2.27. The summed E-state index contributed by atoms with van der Waals surface area (Å²) in [6.07, 6.45) is 5.46. The molecule has 1 aliphatic carbocycles. The highest BCUT2D eigenvalue weighted by molar-refractivity contribution is 5.38. The Labute approximate surface area is 129 Å². The maximum atomic E-state index is 6.07. The van der Waals surface area contributed by atoms with E-state index in [0.29, 0.717) is 25.4 Å². The highest BCUT2D eigenvalue weighted by Gasteiger charge is 2.17. The lowest BCUT2D eigenvalue weighted by molar-refractivity contribution is 0.0443. The van der Waals surface area contributed by atoms with Crippen molar-refractivity contribution in [3.63, 3.8) is 0 Å². The quantitative estimate of drug-likeness (QED) is 0.778. The van der Waals surface area contributed by atoms with E-state index in [1.165, 1.54) is 36.8 Å². The molecule has 1 aliphatic rings. The first-order chi connectivity index (χ1) is 10.2. The molecule has 1 atom stereocenters. The first kappa shape index (κ1) is 16.3. The van der Waals surface area contributed by atoms with Crippen LogP contribution in [0.5, 0.6) is 5.75 Å². The van der Waals surface area contributed by atoms with E-state index in [1.807, 2.05) is 6.92 Å². The molecule has 0 spiro atoms. The lowest BCUT2D eigenvalue weighted by atomic mass is 10.0. The molecule has 21 heavy (non-hydrogen) atoms. The van der Waals surface area contributed by atoms with Crippen LogP contribution < -0.4 is 10.1 Å². The molecule has 2 rings (SSSR count). The van der Waals surface area contributed by atoms with E-state index >= 15 is 0 Å². The van der Waals surface area contributed by atoms with E-state index in [2.05, 4.69) is 37.4 Å². The Balaban J connectivity index is 2.07. The summed E-state index contributed by atoms with van der Waals surface area (Å²) >= 11 is 0. The van der Waals surface area contributed by atoms with Crippen molar-refractivity contribution in [2.24, 2.45) is 0 Å². The molecule has 1 N–H and O–H groups in total. The Morgan fingerprint density at radius 3 is 2.67 bits per heavy atom. The van der Waals surface area contributed by atoms with Crippen LogP contribution in [0.2, 0.25) is 0 Å². The Kier molecular flexibility index (Phi) is 6.52. The van der Waals surface area contributed by atoms with E-state index in [0.717, 1.165) is 12.3 Å². The zero-order valence-electron chi connectivity index (χ0n) is 13.7. The average molecular weight is 291 g/mol. The van der Waals surface area contributed by atoms with Crippen LogP contribution in [0.1, 0.15) is 63.6 Å². The summed E-state index contributed by atoms with van der Waals surface area (Å²) in [5.41, 5.74) is 2.47. The summed E-state index contributed by atoms with van der Waals surface area (Å²) < 4.78 is 11.8. The lowest BCUT2D eigenvalue weighted by Gasteiger charge is -2.18. The van der Waals surface area contributed by atoms with Crippen LogP contribution in [0.15, 0.2) is 18.2 Å². The van der Waals surface area contributed by atoms with Crippen LogP contribution in [0.25, 0.3) is 0 Å². The van der Waals surface area contributed by atoms with E-state index in [4.69, 9.17) is 9.47 Å². The van der Waals surface area contributed by atoms with Crippen molar-refractivity contribution in [1.82, 2.24) is 5.32 Å². The lowest BCUT2D eigenvalue weighted by Crippen LogP contribution is -2.18. The molecular weight excluding hydrogens is 262 g/mol. The van der Waals surface area contributed by atoms with Crippen molar-refractivity contribution in [3.05, 3.63) is 29.3 Å². The minimum Gasteiger partial charge on any atom is -0.494 e. The zero-order chi connectivity index (χ0) is 15.1. The van der Waals surface area contributed by atoms with E-state index < -0.39 is 0 Å². The molecule has 0 aliphatic heterocycles. The first-order valence-corrected chi connectivity index (χ1v) is 8.35. The maximum absolute atomic E-state index is 6.07. The van der Waals surface area contributed by atoms with Crippen molar-refractivity contribution in [3.8, 4) is 5.75 Å². The van der Waals surface area contributed by atoms with Gasteiger partial charge in [-0.1, -0.05) is 25.8 Å². The van der Waals surface area contributed by atoms with Gasteiger partial charge in [-0.05, 0) is 50.9 Å². The maximum Gasteiger partial charge on any atom is 0.124 e. The molecule has 0 radical (unpaired) electrons. The van der Waals surface area contributed by atoms with Crippen molar-refractivity contribution in [2.75, 3.05) is 13.2 Å². The molecule has 1 aromatic rings. The van der Waals surface area contributed by atoms with Gasteiger partial charge in [-0.15, -0.1) is 0 Å². The van der Waals surface area contributed by atoms with Gasteiger partial charge in [0.2, 0.25) is 0 Å². The Morgan fingerprint density at radius 1 is 1.24 bits per heavy atom. The molecule has 1 unspecified atom stereocenters. The van der Waals surface area contributed by atoms with Crippen molar-refractivity contribution in [1.29, 1.82) is 0 Å². The van der Waals surface area contributed by atoms with Gasteiger partial charge in [0, 0.05) is 11.6 Å². The summed E-state index contributed by atoms with van der Waals surface area (Å²) in [7, 11) is 0. The average Bonchev–Trinajstić information content (AvgIpc) is 3.00. The predicted molar refractivity (Wildman–Crippen MR) is 86.7 cm³/mol. The molecule has 1 aromatic carbocycles. The van der Waals surface area contributed by atoms with Gasteiger partial charge in [0.05, 0.1) is 19.3 Å². The Morgan fingerprint density at radius 2 is 2.00 bits per heavy atom. The molecule has 0 amide bonds. The summed E-state index contributed by atoms with van der Waals surface area (Å²) in [6, 6.07) is 6.82. The number of hydrogen-bond donors (Lipinski definition) is 1. The highest BCUT2D eigenvalue weighted by atomic mass is 16.5. The molecule has 3 heteroatoms. The van der Waals surface area contributed by atoms with Crippen LogP contribution in [0.4, 0.5) is 0 Å². The minimum atomic E-state index is 0.357. The monoisotopic (exact) mass is 291 g/mol. The SMILES string of the molecule is CCNC(C)c1ccc(OCC)c(COC2CCCC2)c1. The first-order valence-electron chi connectivity index (χ1n) is 8.35. The summed E-state index contributed by atoms with van der Waals surface area (Å²) in [6.45, 7) is 8.68. The smallest absolute Gasteiger partial charge is 0.124 e. The molecule has 1 saturated carbocycles. The summed E-state index contributed by atoms with van der Waals surface area (Å²) in [4.78, 5) is 0. The summed E-state index contributed by atoms with van der Waals surface area (Å²) in [5, 5.41) is 3.46. The summed E-state index contributed by atoms with van der Waals surface area (Å²) in [5.74, 6) is 0.961. The van der Waals surface area contributed by atoms with Gasteiger partial charge in [0.1, 0.15) is 5.75 Å². The molecule has 1 fully saturated rings. The molecule has 118 valence electrons. The minimum absolute atomic E-state index is 0.357. The van der Waals surface area contributed by atoms with Crippen LogP contribution in [-0.2, 0) is 11.3 Å². The third-order valence-corrected chi connectivity index (χ3v) is 4.17. The zero-order valence-corrected chi connectivity index (χ0v) is 13.7. The fourth-order valence-electron chi connectivity index (χ4n) is 2.96. The normalized spacial score (nSPS) is 17.1. The van der Waals surface area contributed by atoms with Crippen molar-refractivity contribution < 1.29 is 9.47 Å². The van der Waals surface area contributed by atoms with Crippen molar-refractivity contribution in [2.45, 2.75) is 65.2 Å². The van der Waals surface area contributed by atoms with Gasteiger partial charge in [-0.25, -0.2) is 0 Å². The van der Waals surface area contributed by atoms with Crippen molar-refractivity contribution >= 4 is 0 Å². The number of benzene rings is 1. The second kappa shape index (κ2) is 8.40. The van der Waals surface area contributed by atoms with Crippen LogP contribution in [-0.4, -0.2) is 19.3 Å². The van der Waals surface area contributed by atoms with Crippen LogP contribution in [0.3, 0.4) is 0 Å². The van der Waals surface area contributed by atoms with Gasteiger partial charge >= 0.3 is 0 Å². The molecular formula is C18H29NO2. The number of ether oxygens (including phenoxy) is 2. The number of nitrogens with one attached hydrogen (secondary N) is 1. The number of rotatable bonds is 8. The Bertz CT molecular complexity index is 427. The van der Waals surface area contributed by atoms with Gasteiger partial charge in [-0.2, -0.15) is 0 Å². The third kappa shape index (κ3) is 4.72. The third-order valence-electron chi connectivity index (χ3n) is 4.17. The molecule has 0 bridgehead atoms.